The van der Waals surface area contributed by atoms with Crippen molar-refractivity contribution in [1.82, 2.24) is 20.0 Å². The van der Waals surface area contributed by atoms with Crippen LogP contribution in [0.2, 0.25) is 0 Å². The average molecular weight is 482 g/mol. The van der Waals surface area contributed by atoms with Crippen LogP contribution in [0.25, 0.3) is 0 Å². The van der Waals surface area contributed by atoms with E-state index in [0.29, 0.717) is 45.8 Å². The van der Waals surface area contributed by atoms with Gasteiger partial charge in [0.05, 0.1) is 0 Å². The van der Waals surface area contributed by atoms with E-state index < -0.39 is 17.9 Å². The van der Waals surface area contributed by atoms with Crippen LogP contribution < -0.4 is 109 Å². The molecule has 1 fully saturated rings. The van der Waals surface area contributed by atoms with Gasteiger partial charge in [0.2, 0.25) is 0 Å². The van der Waals surface area contributed by atoms with Gasteiger partial charge in [0.15, 0.2) is 0 Å². The molecule has 1 N–H and O–H groups in total. The van der Waals surface area contributed by atoms with Gasteiger partial charge in [-0.2, -0.15) is 0 Å². The van der Waals surface area contributed by atoms with Crippen molar-refractivity contribution in [3.8, 4) is 0 Å². The first-order chi connectivity index (χ1) is 13.9. The van der Waals surface area contributed by atoms with Crippen molar-refractivity contribution in [3.05, 3.63) is 0 Å². The maximum absolute atomic E-state index is 10.8. The second-order valence-electron chi connectivity index (χ2n) is 7.35. The van der Waals surface area contributed by atoms with Gasteiger partial charge in [-0.15, -0.1) is 0 Å². The van der Waals surface area contributed by atoms with Crippen LogP contribution in [0.15, 0.2) is 0 Å². The summed E-state index contributed by atoms with van der Waals surface area (Å²) in [7, 11) is 0. The van der Waals surface area contributed by atoms with Crippen molar-refractivity contribution in [2.24, 2.45) is 0 Å². The van der Waals surface area contributed by atoms with E-state index in [1.54, 1.807) is 0 Å². The van der Waals surface area contributed by atoms with Crippen molar-refractivity contribution in [2.45, 2.75) is 32.1 Å². The average Bonchev–Trinajstić information content (AvgIpc) is 2.65. The van der Waals surface area contributed by atoms with Gasteiger partial charge in [-0.1, -0.05) is 0 Å². The minimum atomic E-state index is -1.10. The molecule has 10 nitrogen and oxygen atoms in total. The Balaban J connectivity index is -0.00000280. The van der Waals surface area contributed by atoms with E-state index in [9.17, 15) is 29.7 Å². The molecule has 1 rings (SSSR count). The standard InChI is InChI=1S/C19H36N4O6.3Na/c24-17(25)3-11-21-9-2-10-23(13-5-19(28)29)16-15-22(12-4-18(26)27)8-1-6-20-7-14-21;;;/h20H,1-16H2,(H,24,25)(H,26,27)(H,28,29);;;/q;3*+1/p-3. The number of carboxylic acids is 3. The minimum absolute atomic E-state index is 0. The first kappa shape index (κ1) is 37.8. The molecule has 1 aliphatic heterocycles. The molecule has 0 atom stereocenters. The first-order valence-corrected chi connectivity index (χ1v) is 10.3. The fourth-order valence-electron chi connectivity index (χ4n) is 3.35. The van der Waals surface area contributed by atoms with E-state index in [0.717, 1.165) is 39.0 Å². The second kappa shape index (κ2) is 24.0. The van der Waals surface area contributed by atoms with E-state index in [4.69, 9.17) is 0 Å². The fourth-order valence-corrected chi connectivity index (χ4v) is 3.35. The Bertz CT molecular complexity index is 519. The number of hydrogen-bond acceptors (Lipinski definition) is 10. The molecule has 0 aromatic heterocycles. The van der Waals surface area contributed by atoms with Gasteiger partial charge < -0.3 is 49.7 Å². The SMILES string of the molecule is O=C([O-])CCN1CCCN(CCC(=O)[O-])CCN(CCC(=O)[O-])CCCNCC1.[Na+].[Na+].[Na+]. The molecule has 1 aliphatic rings. The smallest absolute Gasteiger partial charge is 0.550 e. The topological polar surface area (TPSA) is 142 Å². The number of nitrogens with zero attached hydrogens (tertiary/aromatic N) is 3. The summed E-state index contributed by atoms with van der Waals surface area (Å²) in [6.45, 7) is 6.86. The maximum Gasteiger partial charge on any atom is 1.00 e. The normalized spacial score (nSPS) is 17.6. The predicted molar refractivity (Wildman–Crippen MR) is 100 cm³/mol. The van der Waals surface area contributed by atoms with E-state index >= 15 is 0 Å². The zero-order valence-corrected chi connectivity index (χ0v) is 26.1. The van der Waals surface area contributed by atoms with Crippen molar-refractivity contribution >= 4 is 17.9 Å². The fraction of sp³-hybridized carbons (Fsp3) is 0.842. The third kappa shape index (κ3) is 21.8. The Morgan fingerprint density at radius 1 is 0.562 bits per heavy atom. The van der Waals surface area contributed by atoms with Crippen LogP contribution in [0.4, 0.5) is 0 Å². The Labute approximate surface area is 257 Å². The zero-order chi connectivity index (χ0) is 21.5. The molecule has 0 unspecified atom stereocenters. The maximum atomic E-state index is 10.8. The van der Waals surface area contributed by atoms with Gasteiger partial charge >= 0.3 is 88.7 Å². The number of carbonyl (C=O) groups excluding carboxylic acids is 3. The molecule has 1 saturated heterocycles. The van der Waals surface area contributed by atoms with Crippen LogP contribution in [-0.4, -0.2) is 105 Å². The van der Waals surface area contributed by atoms with Gasteiger partial charge in [0, 0.05) is 63.7 Å². The van der Waals surface area contributed by atoms with Crippen LogP contribution >= 0.6 is 0 Å². The summed E-state index contributed by atoms with van der Waals surface area (Å²) in [5.74, 6) is -3.24. The zero-order valence-electron chi connectivity index (χ0n) is 20.1. The van der Waals surface area contributed by atoms with Crippen LogP contribution in [0.5, 0.6) is 0 Å². The van der Waals surface area contributed by atoms with Gasteiger partial charge in [-0.25, -0.2) is 0 Å². The van der Waals surface area contributed by atoms with Crippen molar-refractivity contribution < 1.29 is 118 Å². The molecule has 168 valence electrons. The molecular weight excluding hydrogens is 449 g/mol. The quantitative estimate of drug-likeness (QED) is 0.315. The number of aliphatic carboxylic acids is 3. The molecule has 32 heavy (non-hydrogen) atoms. The summed E-state index contributed by atoms with van der Waals surface area (Å²) in [6, 6.07) is 0. The third-order valence-corrected chi connectivity index (χ3v) is 5.01. The Hall–Kier alpha value is 1.25. The Morgan fingerprint density at radius 2 is 0.938 bits per heavy atom. The first-order valence-electron chi connectivity index (χ1n) is 10.3. The predicted octanol–water partition coefficient (Wildman–Crippen LogP) is -13.3. The molecule has 0 spiro atoms. The van der Waals surface area contributed by atoms with Crippen molar-refractivity contribution in [1.29, 1.82) is 0 Å². The molecule has 0 amide bonds. The molecule has 0 aliphatic carbocycles. The summed E-state index contributed by atoms with van der Waals surface area (Å²) >= 11 is 0. The molecule has 13 heteroatoms. The van der Waals surface area contributed by atoms with Crippen molar-refractivity contribution in [3.63, 3.8) is 0 Å². The largest absolute Gasteiger partial charge is 1.00 e. The van der Waals surface area contributed by atoms with Gasteiger partial charge in [0.25, 0.3) is 0 Å². The number of carbonyl (C=O) groups is 3. The molecule has 0 aromatic carbocycles. The summed E-state index contributed by atoms with van der Waals surface area (Å²) in [5.41, 5.74) is 0. The Kier molecular flexibility index (Phi) is 28.3. The number of hydrogen-bond donors (Lipinski definition) is 1. The van der Waals surface area contributed by atoms with Crippen LogP contribution in [0.3, 0.4) is 0 Å². The molecule has 0 aromatic rings. The van der Waals surface area contributed by atoms with E-state index in [1.165, 1.54) is 0 Å². The van der Waals surface area contributed by atoms with Gasteiger partial charge in [-0.3, -0.25) is 0 Å². The Morgan fingerprint density at radius 3 is 1.34 bits per heavy atom. The van der Waals surface area contributed by atoms with Crippen LogP contribution in [0, 0.1) is 0 Å². The van der Waals surface area contributed by atoms with Crippen molar-refractivity contribution in [2.75, 3.05) is 72.0 Å². The molecule has 0 bridgehead atoms. The third-order valence-electron chi connectivity index (χ3n) is 5.01. The summed E-state index contributed by atoms with van der Waals surface area (Å²) < 4.78 is 0. The minimum Gasteiger partial charge on any atom is -0.550 e. The van der Waals surface area contributed by atoms with Crippen LogP contribution in [0.1, 0.15) is 32.1 Å². The number of carboxylic acid groups (broad SMARTS) is 3. The van der Waals surface area contributed by atoms with Gasteiger partial charge in [-0.05, 0) is 58.3 Å². The molecule has 0 radical (unpaired) electrons. The van der Waals surface area contributed by atoms with E-state index in [-0.39, 0.29) is 108 Å². The molecule has 1 heterocycles. The van der Waals surface area contributed by atoms with Crippen LogP contribution in [-0.2, 0) is 14.4 Å². The van der Waals surface area contributed by atoms with Gasteiger partial charge in [0.1, 0.15) is 0 Å². The van der Waals surface area contributed by atoms with E-state index in [2.05, 4.69) is 15.1 Å². The monoisotopic (exact) mass is 482 g/mol. The molecule has 0 saturated carbocycles. The van der Waals surface area contributed by atoms with E-state index in [1.807, 2.05) is 4.90 Å². The summed E-state index contributed by atoms with van der Waals surface area (Å²) in [6.07, 6.45) is 1.53. The number of nitrogens with one attached hydrogen (secondary N) is 1. The second-order valence-corrected chi connectivity index (χ2v) is 7.35. The summed E-state index contributed by atoms with van der Waals surface area (Å²) in [5, 5.41) is 35.7. The molecular formula is C19H33N4Na3O6. The summed E-state index contributed by atoms with van der Waals surface area (Å²) in [4.78, 5) is 38.6. The number of rotatable bonds is 9.